The monoisotopic (exact) mass is 281 g/mol. The van der Waals surface area contributed by atoms with E-state index in [1.165, 1.54) is 0 Å². The van der Waals surface area contributed by atoms with Crippen molar-refractivity contribution in [2.24, 2.45) is 11.8 Å². The van der Waals surface area contributed by atoms with Crippen molar-refractivity contribution in [2.45, 2.75) is 51.2 Å². The van der Waals surface area contributed by atoms with E-state index >= 15 is 0 Å². The zero-order chi connectivity index (χ0) is 14.6. The summed E-state index contributed by atoms with van der Waals surface area (Å²) in [7, 11) is 0. The summed E-state index contributed by atoms with van der Waals surface area (Å²) < 4.78 is 37.4. The second-order valence-corrected chi connectivity index (χ2v) is 4.90. The maximum atomic E-state index is 12.5. The lowest BCUT2D eigenvalue weighted by molar-refractivity contribution is -0.184. The van der Waals surface area contributed by atoms with Crippen molar-refractivity contribution in [1.29, 1.82) is 0 Å². The summed E-state index contributed by atoms with van der Waals surface area (Å²) in [6.45, 7) is 1.62. The van der Waals surface area contributed by atoms with Crippen LogP contribution in [0.2, 0.25) is 0 Å². The Morgan fingerprint density at radius 2 is 1.79 bits per heavy atom. The molecule has 1 aliphatic rings. The number of hydrogen-bond donors (Lipinski definition) is 2. The largest absolute Gasteiger partial charge is 0.480 e. The molecule has 1 saturated carbocycles. The Kier molecular flexibility index (Phi) is 5.20. The van der Waals surface area contributed by atoms with E-state index in [1.54, 1.807) is 6.92 Å². The van der Waals surface area contributed by atoms with Gasteiger partial charge < -0.3 is 10.4 Å². The van der Waals surface area contributed by atoms with Crippen LogP contribution in [0, 0.1) is 11.8 Å². The van der Waals surface area contributed by atoms with Gasteiger partial charge >= 0.3 is 12.1 Å². The highest BCUT2D eigenvalue weighted by Gasteiger charge is 2.42. The van der Waals surface area contributed by atoms with Crippen molar-refractivity contribution in [2.75, 3.05) is 0 Å². The molecule has 1 rings (SSSR count). The molecule has 0 aromatic carbocycles. The number of rotatable bonds is 4. The molecule has 1 aliphatic carbocycles. The Labute approximate surface area is 109 Å². The fraction of sp³-hybridized carbons (Fsp3) is 0.833. The molecule has 1 fully saturated rings. The van der Waals surface area contributed by atoms with Crippen LogP contribution in [-0.4, -0.2) is 29.2 Å². The molecule has 0 aromatic rings. The molecule has 0 heterocycles. The van der Waals surface area contributed by atoms with Crippen molar-refractivity contribution < 1.29 is 27.9 Å². The van der Waals surface area contributed by atoms with Gasteiger partial charge in [-0.1, -0.05) is 6.92 Å². The van der Waals surface area contributed by atoms with E-state index < -0.39 is 35.9 Å². The molecule has 110 valence electrons. The van der Waals surface area contributed by atoms with E-state index in [-0.39, 0.29) is 32.1 Å². The van der Waals surface area contributed by atoms with Crippen LogP contribution in [0.1, 0.15) is 39.0 Å². The van der Waals surface area contributed by atoms with Gasteiger partial charge in [-0.05, 0) is 32.1 Å². The zero-order valence-electron chi connectivity index (χ0n) is 10.7. The van der Waals surface area contributed by atoms with Crippen molar-refractivity contribution >= 4 is 11.9 Å². The standard InChI is InChI=1S/C12H18F3NO3/c1-2-9(11(18)19)16-10(17)7-3-5-8(6-4-7)12(13,14)15/h7-9H,2-6H2,1H3,(H,16,17)(H,18,19)/t7?,8?,9-/m1/s1. The number of nitrogens with one attached hydrogen (secondary N) is 1. The molecule has 0 spiro atoms. The van der Waals surface area contributed by atoms with E-state index in [0.29, 0.717) is 0 Å². The first-order valence-electron chi connectivity index (χ1n) is 6.35. The number of carbonyl (C=O) groups is 2. The van der Waals surface area contributed by atoms with Crippen molar-refractivity contribution in [3.05, 3.63) is 0 Å². The van der Waals surface area contributed by atoms with Gasteiger partial charge in [0.2, 0.25) is 5.91 Å². The van der Waals surface area contributed by atoms with Gasteiger partial charge in [-0.25, -0.2) is 4.79 Å². The Morgan fingerprint density at radius 1 is 1.26 bits per heavy atom. The van der Waals surface area contributed by atoms with Crippen LogP contribution in [0.15, 0.2) is 0 Å². The fourth-order valence-corrected chi connectivity index (χ4v) is 2.31. The first kappa shape index (κ1) is 15.8. The van der Waals surface area contributed by atoms with Gasteiger partial charge in [0.25, 0.3) is 0 Å². The summed E-state index contributed by atoms with van der Waals surface area (Å²) in [5.41, 5.74) is 0. The SMILES string of the molecule is CC[C@@H](NC(=O)C1CCC(C(F)(F)F)CC1)C(=O)O. The maximum absolute atomic E-state index is 12.5. The number of amides is 1. The highest BCUT2D eigenvalue weighted by molar-refractivity contribution is 5.84. The third kappa shape index (κ3) is 4.40. The van der Waals surface area contributed by atoms with E-state index in [0.717, 1.165) is 0 Å². The van der Waals surface area contributed by atoms with Crippen molar-refractivity contribution in [3.63, 3.8) is 0 Å². The topological polar surface area (TPSA) is 66.4 Å². The van der Waals surface area contributed by atoms with Gasteiger partial charge in [0.1, 0.15) is 6.04 Å². The number of halogens is 3. The Hall–Kier alpha value is -1.27. The van der Waals surface area contributed by atoms with Crippen molar-refractivity contribution in [1.82, 2.24) is 5.32 Å². The van der Waals surface area contributed by atoms with Crippen LogP contribution in [-0.2, 0) is 9.59 Å². The molecular formula is C12H18F3NO3. The van der Waals surface area contributed by atoms with Gasteiger partial charge in [0.05, 0.1) is 5.92 Å². The fourth-order valence-electron chi connectivity index (χ4n) is 2.31. The minimum atomic E-state index is -4.20. The molecule has 1 atom stereocenters. The highest BCUT2D eigenvalue weighted by atomic mass is 19.4. The minimum Gasteiger partial charge on any atom is -0.480 e. The molecule has 7 heteroatoms. The molecule has 1 amide bonds. The predicted molar refractivity (Wildman–Crippen MR) is 61.4 cm³/mol. The molecule has 2 N–H and O–H groups in total. The third-order valence-electron chi connectivity index (χ3n) is 3.58. The van der Waals surface area contributed by atoms with Crippen LogP contribution in [0.3, 0.4) is 0 Å². The summed E-state index contributed by atoms with van der Waals surface area (Å²) in [4.78, 5) is 22.5. The lowest BCUT2D eigenvalue weighted by atomic mass is 9.81. The van der Waals surface area contributed by atoms with Gasteiger partial charge in [0, 0.05) is 5.92 Å². The Morgan fingerprint density at radius 3 is 2.16 bits per heavy atom. The van der Waals surface area contributed by atoms with Crippen LogP contribution < -0.4 is 5.32 Å². The number of carboxylic acids is 1. The predicted octanol–water partition coefficient (Wildman–Crippen LogP) is 2.33. The summed E-state index contributed by atoms with van der Waals surface area (Å²) in [5, 5.41) is 11.2. The van der Waals surface area contributed by atoms with Crippen LogP contribution in [0.5, 0.6) is 0 Å². The van der Waals surface area contributed by atoms with Gasteiger partial charge in [-0.15, -0.1) is 0 Å². The van der Waals surface area contributed by atoms with Gasteiger partial charge in [0.15, 0.2) is 0 Å². The zero-order valence-corrected chi connectivity index (χ0v) is 10.7. The number of carboxylic acid groups (broad SMARTS) is 1. The number of alkyl halides is 3. The third-order valence-corrected chi connectivity index (χ3v) is 3.58. The maximum Gasteiger partial charge on any atom is 0.391 e. The van der Waals surface area contributed by atoms with Gasteiger partial charge in [-0.3, -0.25) is 4.79 Å². The highest BCUT2D eigenvalue weighted by Crippen LogP contribution is 2.39. The second-order valence-electron chi connectivity index (χ2n) is 4.90. The number of carbonyl (C=O) groups excluding carboxylic acids is 1. The Bertz CT molecular complexity index is 336. The Balaban J connectivity index is 2.47. The first-order valence-corrected chi connectivity index (χ1v) is 6.35. The molecule has 0 aliphatic heterocycles. The average molecular weight is 281 g/mol. The van der Waals surface area contributed by atoms with Crippen LogP contribution >= 0.6 is 0 Å². The average Bonchev–Trinajstić information content (AvgIpc) is 2.34. The van der Waals surface area contributed by atoms with Gasteiger partial charge in [-0.2, -0.15) is 13.2 Å². The van der Waals surface area contributed by atoms with E-state index in [2.05, 4.69) is 5.32 Å². The van der Waals surface area contributed by atoms with E-state index in [9.17, 15) is 22.8 Å². The van der Waals surface area contributed by atoms with E-state index in [1.807, 2.05) is 0 Å². The number of hydrogen-bond acceptors (Lipinski definition) is 2. The molecule has 0 saturated heterocycles. The summed E-state index contributed by atoms with van der Waals surface area (Å²) in [6.07, 6.45) is -3.76. The second kappa shape index (κ2) is 6.25. The quantitative estimate of drug-likeness (QED) is 0.831. The smallest absolute Gasteiger partial charge is 0.391 e. The summed E-state index contributed by atoms with van der Waals surface area (Å²) in [6, 6.07) is -0.965. The number of aliphatic carboxylic acids is 1. The molecule has 0 aromatic heterocycles. The lowest BCUT2D eigenvalue weighted by Gasteiger charge is -2.29. The summed E-state index contributed by atoms with van der Waals surface area (Å²) >= 11 is 0. The lowest BCUT2D eigenvalue weighted by Crippen LogP contribution is -2.44. The van der Waals surface area contributed by atoms with E-state index in [4.69, 9.17) is 5.11 Å². The molecular weight excluding hydrogens is 263 g/mol. The van der Waals surface area contributed by atoms with Crippen LogP contribution in [0.25, 0.3) is 0 Å². The molecule has 4 nitrogen and oxygen atoms in total. The first-order chi connectivity index (χ1) is 8.75. The van der Waals surface area contributed by atoms with Crippen molar-refractivity contribution in [3.8, 4) is 0 Å². The van der Waals surface area contributed by atoms with Crippen LogP contribution in [0.4, 0.5) is 13.2 Å². The molecule has 19 heavy (non-hydrogen) atoms. The normalized spacial score (nSPS) is 25.7. The molecule has 0 bridgehead atoms. The molecule has 0 unspecified atom stereocenters. The summed E-state index contributed by atoms with van der Waals surface area (Å²) in [5.74, 6) is -3.42. The minimum absolute atomic E-state index is 0.0640. The molecule has 0 radical (unpaired) electrons.